The Morgan fingerprint density at radius 1 is 1.55 bits per heavy atom. The van der Waals surface area contributed by atoms with Crippen molar-refractivity contribution in [3.63, 3.8) is 0 Å². The van der Waals surface area contributed by atoms with Crippen molar-refractivity contribution in [3.05, 3.63) is 11.2 Å². The smallest absolute Gasteiger partial charge is 0.270 e. The van der Waals surface area contributed by atoms with Crippen LogP contribution in [0.4, 0.5) is 11.8 Å². The first-order chi connectivity index (χ1) is 10.2. The van der Waals surface area contributed by atoms with E-state index in [4.69, 9.17) is 16.3 Å². The van der Waals surface area contributed by atoms with E-state index in [1.165, 1.54) is 6.92 Å². The first-order valence-electron chi connectivity index (χ1n) is 6.79. The summed E-state index contributed by atoms with van der Waals surface area (Å²) < 4.78 is 37.4. The fourth-order valence-electron chi connectivity index (χ4n) is 2.24. The van der Waals surface area contributed by atoms with Gasteiger partial charge in [-0.15, -0.1) is 0 Å². The Morgan fingerprint density at radius 3 is 2.82 bits per heavy atom. The number of ether oxygens (including phenoxy) is 1. The molecule has 0 saturated carbocycles. The molecule has 1 saturated heterocycles. The van der Waals surface area contributed by atoms with Crippen LogP contribution in [0.2, 0.25) is 5.15 Å². The second kappa shape index (κ2) is 6.53. The molecule has 8 nitrogen and oxygen atoms in total. The predicted octanol–water partition coefficient (Wildman–Crippen LogP) is 1.04. The highest BCUT2D eigenvalue weighted by Crippen LogP contribution is 2.25. The van der Waals surface area contributed by atoms with E-state index >= 15 is 0 Å². The van der Waals surface area contributed by atoms with Gasteiger partial charge in [-0.25, -0.2) is 4.98 Å². The number of nitrogens with one attached hydrogen (secondary N) is 1. The number of rotatable bonds is 4. The van der Waals surface area contributed by atoms with E-state index in [0.717, 1.165) is 0 Å². The molecule has 1 aromatic rings. The molecule has 2 rings (SSSR count). The van der Waals surface area contributed by atoms with Crippen LogP contribution in [0.1, 0.15) is 13.8 Å². The van der Waals surface area contributed by atoms with E-state index in [-0.39, 0.29) is 17.7 Å². The van der Waals surface area contributed by atoms with Crippen LogP contribution in [0.15, 0.2) is 6.07 Å². The number of halogens is 1. The van der Waals surface area contributed by atoms with E-state index in [1.807, 2.05) is 11.8 Å². The van der Waals surface area contributed by atoms with Gasteiger partial charge < -0.3 is 15.0 Å². The normalized spacial score (nSPS) is 24.1. The fraction of sp³-hybridized carbons (Fsp3) is 0.667. The molecule has 1 fully saturated rings. The molecule has 124 valence electrons. The third-order valence-corrected chi connectivity index (χ3v) is 5.09. The Kier molecular flexibility index (Phi) is 5.10. The van der Waals surface area contributed by atoms with Gasteiger partial charge in [0.2, 0.25) is 5.95 Å². The number of nitrogens with zero attached hydrogens (tertiary/aromatic N) is 3. The van der Waals surface area contributed by atoms with Crippen LogP contribution in [0.5, 0.6) is 0 Å². The summed E-state index contributed by atoms with van der Waals surface area (Å²) in [5.41, 5.74) is 0. The maximum absolute atomic E-state index is 11.3. The third-order valence-electron chi connectivity index (χ3n) is 3.65. The van der Waals surface area contributed by atoms with Crippen molar-refractivity contribution in [2.45, 2.75) is 31.2 Å². The summed E-state index contributed by atoms with van der Waals surface area (Å²) in [4.78, 5) is 10.2. The minimum Gasteiger partial charge on any atom is -0.373 e. The molecule has 0 aliphatic carbocycles. The van der Waals surface area contributed by atoms with Gasteiger partial charge in [0.05, 0.1) is 18.8 Å². The SMILES string of the molecule is CNc1nc(Cl)cc(N2C[C@@H](C(C)S(=O)(=O)O)OC[C@H]2C)n1. The highest BCUT2D eigenvalue weighted by molar-refractivity contribution is 7.86. The van der Waals surface area contributed by atoms with Crippen molar-refractivity contribution in [1.29, 1.82) is 0 Å². The minimum atomic E-state index is -4.17. The first kappa shape index (κ1) is 17.2. The highest BCUT2D eigenvalue weighted by atomic mass is 35.5. The van der Waals surface area contributed by atoms with Gasteiger partial charge >= 0.3 is 0 Å². The van der Waals surface area contributed by atoms with Gasteiger partial charge in [-0.3, -0.25) is 4.55 Å². The lowest BCUT2D eigenvalue weighted by Gasteiger charge is -2.40. The van der Waals surface area contributed by atoms with E-state index < -0.39 is 21.5 Å². The molecule has 2 heterocycles. The molecule has 1 aliphatic heterocycles. The van der Waals surface area contributed by atoms with E-state index in [2.05, 4.69) is 15.3 Å². The maximum Gasteiger partial charge on any atom is 0.270 e. The largest absolute Gasteiger partial charge is 0.373 e. The average Bonchev–Trinajstić information content (AvgIpc) is 2.45. The molecule has 0 amide bonds. The van der Waals surface area contributed by atoms with Crippen molar-refractivity contribution < 1.29 is 17.7 Å². The van der Waals surface area contributed by atoms with Gasteiger partial charge in [0.1, 0.15) is 16.2 Å². The summed E-state index contributed by atoms with van der Waals surface area (Å²) in [5, 5.41) is 2.08. The standard InChI is InChI=1S/C12H19ClN4O4S/c1-7-6-21-9(8(2)22(18,19)20)5-17(7)11-4-10(13)15-12(14-3)16-11/h4,7-9H,5-6H2,1-3H3,(H,14,15,16)(H,18,19,20)/t7-,8?,9+/m1/s1. The van der Waals surface area contributed by atoms with Gasteiger partial charge in [-0.1, -0.05) is 11.6 Å². The fourth-order valence-corrected chi connectivity index (χ4v) is 2.97. The lowest BCUT2D eigenvalue weighted by molar-refractivity contribution is 0.0212. The summed E-state index contributed by atoms with van der Waals surface area (Å²) in [6.45, 7) is 3.95. The lowest BCUT2D eigenvalue weighted by Crippen LogP contribution is -2.53. The molecule has 0 aromatic carbocycles. The number of aromatic nitrogens is 2. The topological polar surface area (TPSA) is 105 Å². The molecule has 1 aliphatic rings. The van der Waals surface area contributed by atoms with Crippen molar-refractivity contribution in [3.8, 4) is 0 Å². The Balaban J connectivity index is 2.27. The minimum absolute atomic E-state index is 0.0134. The van der Waals surface area contributed by atoms with Crippen LogP contribution in [-0.2, 0) is 14.9 Å². The van der Waals surface area contributed by atoms with Gasteiger partial charge in [-0.05, 0) is 13.8 Å². The summed E-state index contributed by atoms with van der Waals surface area (Å²) in [6.07, 6.45) is -0.655. The summed E-state index contributed by atoms with van der Waals surface area (Å²) in [6, 6.07) is 1.60. The Bertz CT molecular complexity index is 642. The second-order valence-electron chi connectivity index (χ2n) is 5.22. The van der Waals surface area contributed by atoms with Crippen LogP contribution in [0, 0.1) is 0 Å². The Labute approximate surface area is 134 Å². The summed E-state index contributed by atoms with van der Waals surface area (Å²) in [5.74, 6) is 0.952. The van der Waals surface area contributed by atoms with Gasteiger partial charge in [0.15, 0.2) is 0 Å². The average molecular weight is 351 g/mol. The number of hydrogen-bond donors (Lipinski definition) is 2. The van der Waals surface area contributed by atoms with Crippen molar-refractivity contribution in [1.82, 2.24) is 9.97 Å². The van der Waals surface area contributed by atoms with E-state index in [0.29, 0.717) is 18.4 Å². The van der Waals surface area contributed by atoms with Gasteiger partial charge in [-0.2, -0.15) is 13.4 Å². The molecular weight excluding hydrogens is 332 g/mol. The number of morpholine rings is 1. The van der Waals surface area contributed by atoms with Crippen LogP contribution >= 0.6 is 11.6 Å². The van der Waals surface area contributed by atoms with Crippen molar-refractivity contribution >= 4 is 33.5 Å². The van der Waals surface area contributed by atoms with Crippen LogP contribution in [0.3, 0.4) is 0 Å². The zero-order valence-corrected chi connectivity index (χ0v) is 14.1. The molecule has 1 unspecified atom stereocenters. The third kappa shape index (κ3) is 3.78. The molecule has 1 aromatic heterocycles. The molecule has 10 heteroatoms. The summed E-state index contributed by atoms with van der Waals surface area (Å²) in [7, 11) is -2.49. The molecule has 22 heavy (non-hydrogen) atoms. The van der Waals surface area contributed by atoms with Gasteiger partial charge in [0, 0.05) is 19.7 Å². The molecule has 3 atom stereocenters. The Hall–Kier alpha value is -1.16. The summed E-state index contributed by atoms with van der Waals surface area (Å²) >= 11 is 5.98. The first-order valence-corrected chi connectivity index (χ1v) is 8.67. The number of hydrogen-bond acceptors (Lipinski definition) is 7. The molecule has 2 N–H and O–H groups in total. The molecular formula is C12H19ClN4O4S. The van der Waals surface area contributed by atoms with Crippen LogP contribution in [-0.4, -0.2) is 60.5 Å². The zero-order chi connectivity index (χ0) is 16.5. The van der Waals surface area contributed by atoms with Crippen molar-refractivity contribution in [2.24, 2.45) is 0 Å². The van der Waals surface area contributed by atoms with E-state index in [9.17, 15) is 13.0 Å². The van der Waals surface area contributed by atoms with Crippen molar-refractivity contribution in [2.75, 3.05) is 30.4 Å². The highest BCUT2D eigenvalue weighted by Gasteiger charge is 2.36. The van der Waals surface area contributed by atoms with Gasteiger partial charge in [0.25, 0.3) is 10.1 Å². The Morgan fingerprint density at radius 2 is 2.23 bits per heavy atom. The second-order valence-corrected chi connectivity index (χ2v) is 7.38. The van der Waals surface area contributed by atoms with E-state index in [1.54, 1.807) is 13.1 Å². The maximum atomic E-state index is 11.3. The molecule has 0 spiro atoms. The monoisotopic (exact) mass is 350 g/mol. The lowest BCUT2D eigenvalue weighted by atomic mass is 10.1. The quantitative estimate of drug-likeness (QED) is 0.613. The number of anilines is 2. The molecule has 0 bridgehead atoms. The zero-order valence-electron chi connectivity index (χ0n) is 12.5. The van der Waals surface area contributed by atoms with Crippen LogP contribution < -0.4 is 10.2 Å². The molecule has 0 radical (unpaired) electrons. The van der Waals surface area contributed by atoms with Crippen LogP contribution in [0.25, 0.3) is 0 Å². The predicted molar refractivity (Wildman–Crippen MR) is 84.1 cm³/mol.